The molecule has 0 saturated heterocycles. The van der Waals surface area contributed by atoms with E-state index in [1.165, 1.54) is 24.0 Å². The molecule has 0 aromatic heterocycles. The zero-order valence-corrected chi connectivity index (χ0v) is 13.2. The van der Waals surface area contributed by atoms with Gasteiger partial charge in [-0.2, -0.15) is 0 Å². The van der Waals surface area contributed by atoms with Gasteiger partial charge in [-0.3, -0.25) is 4.90 Å². The third-order valence-electron chi connectivity index (χ3n) is 3.62. The number of hydrogen-bond donors (Lipinski definition) is 1. The first-order valence-corrected chi connectivity index (χ1v) is 7.48. The Morgan fingerprint density at radius 3 is 2.58 bits per heavy atom. The Kier molecular flexibility index (Phi) is 7.11. The van der Waals surface area contributed by atoms with E-state index >= 15 is 0 Å². The molecule has 0 saturated carbocycles. The fourth-order valence-corrected chi connectivity index (χ4v) is 2.26. The van der Waals surface area contributed by atoms with Gasteiger partial charge in [0.2, 0.25) is 0 Å². The van der Waals surface area contributed by atoms with Crippen LogP contribution in [0.25, 0.3) is 0 Å². The molecule has 108 valence electrons. The lowest BCUT2D eigenvalue weighted by Gasteiger charge is -2.25. The highest BCUT2D eigenvalue weighted by atomic mass is 15.1. The highest BCUT2D eigenvalue weighted by Gasteiger charge is 2.09. The third-order valence-corrected chi connectivity index (χ3v) is 3.62. The Labute approximate surface area is 119 Å². The number of nitrogens with zero attached hydrogens (tertiary/aromatic N) is 1. The molecule has 0 radical (unpaired) electrons. The summed E-state index contributed by atoms with van der Waals surface area (Å²) in [6.45, 7) is 11.1. The maximum Gasteiger partial charge on any atom is 0.0233 e. The lowest BCUT2D eigenvalue weighted by Crippen LogP contribution is -2.30. The molecule has 0 spiro atoms. The Balaban J connectivity index is 2.30. The van der Waals surface area contributed by atoms with Crippen molar-refractivity contribution >= 4 is 0 Å². The average molecular weight is 262 g/mol. The van der Waals surface area contributed by atoms with Crippen LogP contribution in [0.5, 0.6) is 0 Å². The van der Waals surface area contributed by atoms with Crippen molar-refractivity contribution in [1.29, 1.82) is 0 Å². The first-order valence-electron chi connectivity index (χ1n) is 7.48. The monoisotopic (exact) mass is 262 g/mol. The smallest absolute Gasteiger partial charge is 0.0233 e. The van der Waals surface area contributed by atoms with Crippen LogP contribution in [0.3, 0.4) is 0 Å². The van der Waals surface area contributed by atoms with Gasteiger partial charge >= 0.3 is 0 Å². The van der Waals surface area contributed by atoms with Gasteiger partial charge in [-0.15, -0.1) is 0 Å². The van der Waals surface area contributed by atoms with Gasteiger partial charge in [0.1, 0.15) is 0 Å². The van der Waals surface area contributed by atoms with E-state index in [4.69, 9.17) is 0 Å². The molecule has 2 heteroatoms. The third kappa shape index (κ3) is 6.74. The summed E-state index contributed by atoms with van der Waals surface area (Å²) < 4.78 is 0. The van der Waals surface area contributed by atoms with Gasteiger partial charge in [0, 0.05) is 18.6 Å². The van der Waals surface area contributed by atoms with E-state index < -0.39 is 0 Å². The minimum atomic E-state index is 0.598. The highest BCUT2D eigenvalue weighted by molar-refractivity contribution is 5.22. The van der Waals surface area contributed by atoms with Gasteiger partial charge in [-0.1, -0.05) is 43.7 Å². The molecular weight excluding hydrogens is 232 g/mol. The molecule has 1 aromatic carbocycles. The molecule has 1 unspecified atom stereocenters. The summed E-state index contributed by atoms with van der Waals surface area (Å²) >= 11 is 0. The van der Waals surface area contributed by atoms with E-state index in [2.05, 4.69) is 69.2 Å². The summed E-state index contributed by atoms with van der Waals surface area (Å²) in [4.78, 5) is 2.45. The number of benzene rings is 1. The largest absolute Gasteiger partial charge is 0.315 e. The second-order valence-corrected chi connectivity index (χ2v) is 6.00. The van der Waals surface area contributed by atoms with Crippen molar-refractivity contribution in [2.24, 2.45) is 0 Å². The zero-order valence-electron chi connectivity index (χ0n) is 13.2. The summed E-state index contributed by atoms with van der Waals surface area (Å²) in [5.74, 6) is 0. The van der Waals surface area contributed by atoms with E-state index in [9.17, 15) is 0 Å². The van der Waals surface area contributed by atoms with E-state index in [0.717, 1.165) is 13.1 Å². The molecule has 2 nitrogen and oxygen atoms in total. The van der Waals surface area contributed by atoms with Gasteiger partial charge in [0.25, 0.3) is 0 Å². The Morgan fingerprint density at radius 2 is 1.95 bits per heavy atom. The fourth-order valence-electron chi connectivity index (χ4n) is 2.26. The van der Waals surface area contributed by atoms with E-state index in [1.807, 2.05) is 0 Å². The Bertz CT molecular complexity index is 360. The molecule has 0 bridgehead atoms. The van der Waals surface area contributed by atoms with Gasteiger partial charge in [-0.05, 0) is 45.8 Å². The van der Waals surface area contributed by atoms with Crippen LogP contribution in [0.4, 0.5) is 0 Å². The molecule has 0 heterocycles. The topological polar surface area (TPSA) is 15.3 Å². The van der Waals surface area contributed by atoms with Crippen LogP contribution in [0, 0.1) is 6.92 Å². The molecular formula is C17H30N2. The van der Waals surface area contributed by atoms with Crippen LogP contribution in [0.1, 0.15) is 44.7 Å². The second kappa shape index (κ2) is 8.34. The second-order valence-electron chi connectivity index (χ2n) is 6.00. The molecule has 1 aromatic rings. The molecule has 0 aliphatic carbocycles. The van der Waals surface area contributed by atoms with Crippen LogP contribution in [0.2, 0.25) is 0 Å². The number of hydrogen-bond acceptors (Lipinski definition) is 2. The quantitative estimate of drug-likeness (QED) is 0.720. The van der Waals surface area contributed by atoms with Crippen molar-refractivity contribution in [1.82, 2.24) is 10.2 Å². The SMILES string of the molecule is Cc1cccc(CN(C)C(C)CCCNC(C)C)c1. The lowest BCUT2D eigenvalue weighted by molar-refractivity contribution is 0.234. The van der Waals surface area contributed by atoms with Gasteiger partial charge in [0.15, 0.2) is 0 Å². The van der Waals surface area contributed by atoms with E-state index in [1.54, 1.807) is 0 Å². The van der Waals surface area contributed by atoms with Crippen molar-refractivity contribution < 1.29 is 0 Å². The minimum absolute atomic E-state index is 0.598. The molecule has 0 aliphatic rings. The molecule has 19 heavy (non-hydrogen) atoms. The van der Waals surface area contributed by atoms with Gasteiger partial charge < -0.3 is 5.32 Å². The van der Waals surface area contributed by atoms with Crippen molar-refractivity contribution in [3.8, 4) is 0 Å². The van der Waals surface area contributed by atoms with Gasteiger partial charge in [0.05, 0.1) is 0 Å². The van der Waals surface area contributed by atoms with Crippen molar-refractivity contribution in [2.45, 2.75) is 59.2 Å². The fraction of sp³-hybridized carbons (Fsp3) is 0.647. The molecule has 1 rings (SSSR count). The van der Waals surface area contributed by atoms with Crippen molar-refractivity contribution in [3.63, 3.8) is 0 Å². The van der Waals surface area contributed by atoms with Crippen LogP contribution in [-0.4, -0.2) is 30.6 Å². The van der Waals surface area contributed by atoms with Gasteiger partial charge in [-0.25, -0.2) is 0 Å². The van der Waals surface area contributed by atoms with E-state index in [-0.39, 0.29) is 0 Å². The van der Waals surface area contributed by atoms with Crippen LogP contribution >= 0.6 is 0 Å². The minimum Gasteiger partial charge on any atom is -0.315 e. The predicted molar refractivity (Wildman–Crippen MR) is 84.5 cm³/mol. The summed E-state index contributed by atoms with van der Waals surface area (Å²) in [7, 11) is 2.23. The van der Waals surface area contributed by atoms with Crippen LogP contribution < -0.4 is 5.32 Å². The number of rotatable bonds is 8. The number of nitrogens with one attached hydrogen (secondary N) is 1. The Hall–Kier alpha value is -0.860. The van der Waals surface area contributed by atoms with E-state index in [0.29, 0.717) is 12.1 Å². The van der Waals surface area contributed by atoms with Crippen molar-refractivity contribution in [2.75, 3.05) is 13.6 Å². The molecule has 0 aliphatic heterocycles. The maximum atomic E-state index is 3.48. The first-order chi connectivity index (χ1) is 8.99. The zero-order chi connectivity index (χ0) is 14.3. The number of aryl methyl sites for hydroxylation is 1. The van der Waals surface area contributed by atoms with Crippen LogP contribution in [-0.2, 0) is 6.54 Å². The standard InChI is InChI=1S/C17H30N2/c1-14(2)18-11-7-9-16(4)19(5)13-17-10-6-8-15(3)12-17/h6,8,10,12,14,16,18H,7,9,11,13H2,1-5H3. The first kappa shape index (κ1) is 16.2. The Morgan fingerprint density at radius 1 is 1.21 bits per heavy atom. The summed E-state index contributed by atoms with van der Waals surface area (Å²) in [6, 6.07) is 10.0. The average Bonchev–Trinajstić information content (AvgIpc) is 2.34. The van der Waals surface area contributed by atoms with Crippen molar-refractivity contribution in [3.05, 3.63) is 35.4 Å². The molecule has 1 atom stereocenters. The lowest BCUT2D eigenvalue weighted by atomic mass is 10.1. The molecule has 0 fully saturated rings. The van der Waals surface area contributed by atoms with Crippen LogP contribution in [0.15, 0.2) is 24.3 Å². The normalized spacial score (nSPS) is 13.2. The predicted octanol–water partition coefficient (Wildman–Crippen LogP) is 3.59. The maximum absolute atomic E-state index is 3.48. The molecule has 1 N–H and O–H groups in total. The summed E-state index contributed by atoms with van der Waals surface area (Å²) in [5.41, 5.74) is 2.76. The summed E-state index contributed by atoms with van der Waals surface area (Å²) in [6.07, 6.45) is 2.50. The summed E-state index contributed by atoms with van der Waals surface area (Å²) in [5, 5.41) is 3.48. The molecule has 0 amide bonds. The highest BCUT2D eigenvalue weighted by Crippen LogP contribution is 2.11.